The maximum absolute atomic E-state index is 6.02. The predicted octanol–water partition coefficient (Wildman–Crippen LogP) is 1.72. The van der Waals surface area contributed by atoms with Crippen molar-refractivity contribution in [3.8, 4) is 0 Å². The molecular weight excluding hydrogens is 186 g/mol. The van der Waals surface area contributed by atoms with Gasteiger partial charge in [-0.2, -0.15) is 10.2 Å². The summed E-state index contributed by atoms with van der Waals surface area (Å²) in [5.41, 5.74) is 8.08. The lowest BCUT2D eigenvalue weighted by Gasteiger charge is -2.09. The largest absolute Gasteiger partial charge is 0.322 e. The zero-order chi connectivity index (χ0) is 10.5. The van der Waals surface area contributed by atoms with Crippen molar-refractivity contribution >= 4 is 0 Å². The molecule has 0 aliphatic carbocycles. The summed E-state index contributed by atoms with van der Waals surface area (Å²) in [6.45, 7) is 0. The van der Waals surface area contributed by atoms with E-state index < -0.39 is 0 Å². The van der Waals surface area contributed by atoms with Crippen LogP contribution in [0.3, 0.4) is 0 Å². The van der Waals surface area contributed by atoms with Gasteiger partial charge in [-0.25, -0.2) is 0 Å². The summed E-state index contributed by atoms with van der Waals surface area (Å²) in [6.07, 6.45) is 2.44. The lowest BCUT2D eigenvalue weighted by atomic mass is 10.0. The second kappa shape index (κ2) is 4.66. The van der Waals surface area contributed by atoms with Crippen LogP contribution in [-0.4, -0.2) is 10.2 Å². The topological polar surface area (TPSA) is 51.8 Å². The molecule has 0 aliphatic rings. The van der Waals surface area contributed by atoms with Gasteiger partial charge in [0.25, 0.3) is 0 Å². The van der Waals surface area contributed by atoms with Gasteiger partial charge in [0.15, 0.2) is 0 Å². The summed E-state index contributed by atoms with van der Waals surface area (Å²) in [7, 11) is 0. The van der Waals surface area contributed by atoms with E-state index in [4.69, 9.17) is 5.73 Å². The van der Waals surface area contributed by atoms with Crippen molar-refractivity contribution in [1.82, 2.24) is 10.2 Å². The van der Waals surface area contributed by atoms with Crippen LogP contribution >= 0.6 is 0 Å². The molecule has 0 saturated heterocycles. The molecule has 1 atom stereocenters. The number of hydrogen-bond acceptors (Lipinski definition) is 3. The number of benzene rings is 1. The van der Waals surface area contributed by atoms with E-state index >= 15 is 0 Å². The molecule has 1 aromatic carbocycles. The molecule has 1 unspecified atom stereocenters. The van der Waals surface area contributed by atoms with Crippen LogP contribution in [0, 0.1) is 0 Å². The first-order valence-electron chi connectivity index (χ1n) is 4.93. The van der Waals surface area contributed by atoms with Crippen LogP contribution in [0.15, 0.2) is 48.7 Å². The molecule has 2 aromatic rings. The minimum Gasteiger partial charge on any atom is -0.322 e. The predicted molar refractivity (Wildman–Crippen MR) is 59.1 cm³/mol. The van der Waals surface area contributed by atoms with E-state index in [1.807, 2.05) is 30.3 Å². The highest BCUT2D eigenvalue weighted by Gasteiger charge is 2.07. The third kappa shape index (κ3) is 2.60. The van der Waals surface area contributed by atoms with Crippen molar-refractivity contribution in [2.45, 2.75) is 12.5 Å². The minimum atomic E-state index is -0.0823. The normalized spacial score (nSPS) is 12.3. The second-order valence-electron chi connectivity index (χ2n) is 3.44. The fraction of sp³-hybridized carbons (Fsp3) is 0.167. The Morgan fingerprint density at radius 2 is 1.87 bits per heavy atom. The average molecular weight is 199 g/mol. The lowest BCUT2D eigenvalue weighted by Crippen LogP contribution is -2.15. The molecule has 3 nitrogen and oxygen atoms in total. The molecule has 0 saturated carbocycles. The van der Waals surface area contributed by atoms with Crippen LogP contribution in [0.1, 0.15) is 17.3 Å². The number of nitrogens with two attached hydrogens (primary N) is 1. The highest BCUT2D eigenvalue weighted by atomic mass is 15.1. The third-order valence-corrected chi connectivity index (χ3v) is 2.27. The van der Waals surface area contributed by atoms with E-state index in [-0.39, 0.29) is 6.04 Å². The van der Waals surface area contributed by atoms with Gasteiger partial charge in [-0.3, -0.25) is 0 Å². The first kappa shape index (κ1) is 9.80. The number of rotatable bonds is 3. The third-order valence-electron chi connectivity index (χ3n) is 2.27. The molecule has 0 aliphatic heterocycles. The Hall–Kier alpha value is -1.74. The van der Waals surface area contributed by atoms with Gasteiger partial charge in [0.05, 0.1) is 11.7 Å². The Bertz CT molecular complexity index is 400. The Labute approximate surface area is 89.0 Å². The number of hydrogen-bond donors (Lipinski definition) is 1. The molecule has 2 N–H and O–H groups in total. The molecule has 0 fully saturated rings. The molecule has 0 radical (unpaired) electrons. The fourth-order valence-electron chi connectivity index (χ4n) is 1.48. The van der Waals surface area contributed by atoms with Crippen LogP contribution in [0.4, 0.5) is 0 Å². The summed E-state index contributed by atoms with van der Waals surface area (Å²) in [5, 5.41) is 7.82. The minimum absolute atomic E-state index is 0.0823. The maximum Gasteiger partial charge on any atom is 0.0801 e. The molecule has 0 spiro atoms. The molecule has 0 bridgehead atoms. The van der Waals surface area contributed by atoms with E-state index in [0.29, 0.717) is 0 Å². The van der Waals surface area contributed by atoms with Crippen molar-refractivity contribution in [3.05, 3.63) is 59.9 Å². The van der Waals surface area contributed by atoms with E-state index in [1.54, 1.807) is 6.20 Å². The highest BCUT2D eigenvalue weighted by Crippen LogP contribution is 2.12. The molecule has 1 aromatic heterocycles. The maximum atomic E-state index is 6.02. The van der Waals surface area contributed by atoms with Gasteiger partial charge in [-0.05, 0) is 24.1 Å². The van der Waals surface area contributed by atoms with Crippen molar-refractivity contribution in [2.75, 3.05) is 0 Å². The number of aromatic nitrogens is 2. The Kier molecular flexibility index (Phi) is 3.05. The first-order chi connectivity index (χ1) is 7.36. The van der Waals surface area contributed by atoms with Crippen molar-refractivity contribution in [3.63, 3.8) is 0 Å². The van der Waals surface area contributed by atoms with Gasteiger partial charge in [0.1, 0.15) is 0 Å². The van der Waals surface area contributed by atoms with Crippen LogP contribution in [0.2, 0.25) is 0 Å². The van der Waals surface area contributed by atoms with Gasteiger partial charge >= 0.3 is 0 Å². The highest BCUT2D eigenvalue weighted by molar-refractivity contribution is 5.18. The number of nitrogens with zero attached hydrogens (tertiary/aromatic N) is 2. The summed E-state index contributed by atoms with van der Waals surface area (Å²) < 4.78 is 0. The summed E-state index contributed by atoms with van der Waals surface area (Å²) in [4.78, 5) is 0. The van der Waals surface area contributed by atoms with E-state index in [1.165, 1.54) is 5.56 Å². The van der Waals surface area contributed by atoms with E-state index in [0.717, 1.165) is 12.1 Å². The van der Waals surface area contributed by atoms with Crippen LogP contribution < -0.4 is 5.73 Å². The SMILES string of the molecule is NC(Cc1ccccc1)c1cccnn1. The van der Waals surface area contributed by atoms with Gasteiger partial charge in [0.2, 0.25) is 0 Å². The zero-order valence-corrected chi connectivity index (χ0v) is 8.38. The van der Waals surface area contributed by atoms with Crippen LogP contribution in [-0.2, 0) is 6.42 Å². The Balaban J connectivity index is 2.08. The molecular formula is C12H13N3. The van der Waals surface area contributed by atoms with Crippen molar-refractivity contribution < 1.29 is 0 Å². The summed E-state index contributed by atoms with van der Waals surface area (Å²) in [6, 6.07) is 13.8. The van der Waals surface area contributed by atoms with Crippen molar-refractivity contribution in [1.29, 1.82) is 0 Å². The van der Waals surface area contributed by atoms with E-state index in [2.05, 4.69) is 22.3 Å². The van der Waals surface area contributed by atoms with Gasteiger partial charge < -0.3 is 5.73 Å². The Morgan fingerprint density at radius 1 is 1.07 bits per heavy atom. The first-order valence-corrected chi connectivity index (χ1v) is 4.93. The molecule has 0 amide bonds. The zero-order valence-electron chi connectivity index (χ0n) is 8.38. The molecule has 3 heteroatoms. The van der Waals surface area contributed by atoms with Gasteiger partial charge in [-0.15, -0.1) is 0 Å². The van der Waals surface area contributed by atoms with Crippen LogP contribution in [0.5, 0.6) is 0 Å². The van der Waals surface area contributed by atoms with E-state index in [9.17, 15) is 0 Å². The van der Waals surface area contributed by atoms with Crippen molar-refractivity contribution in [2.24, 2.45) is 5.73 Å². The average Bonchev–Trinajstić information content (AvgIpc) is 2.31. The lowest BCUT2D eigenvalue weighted by molar-refractivity contribution is 0.679. The van der Waals surface area contributed by atoms with Gasteiger partial charge in [0, 0.05) is 6.20 Å². The standard InChI is InChI=1S/C12H13N3/c13-11(12-7-4-8-14-15-12)9-10-5-2-1-3-6-10/h1-8,11H,9,13H2. The quantitative estimate of drug-likeness (QED) is 0.818. The second-order valence-corrected chi connectivity index (χ2v) is 3.44. The molecule has 1 heterocycles. The summed E-state index contributed by atoms with van der Waals surface area (Å²) >= 11 is 0. The molecule has 2 rings (SSSR count). The monoisotopic (exact) mass is 199 g/mol. The summed E-state index contributed by atoms with van der Waals surface area (Å²) in [5.74, 6) is 0. The van der Waals surface area contributed by atoms with Crippen LogP contribution in [0.25, 0.3) is 0 Å². The molecule has 76 valence electrons. The molecule has 15 heavy (non-hydrogen) atoms. The Morgan fingerprint density at radius 3 is 2.53 bits per heavy atom. The fourth-order valence-corrected chi connectivity index (χ4v) is 1.48. The smallest absolute Gasteiger partial charge is 0.0801 e. The van der Waals surface area contributed by atoms with Gasteiger partial charge in [-0.1, -0.05) is 30.3 Å².